The maximum Gasteiger partial charge on any atom is 0.144 e. The maximum atomic E-state index is 14.1. The first-order valence-corrected chi connectivity index (χ1v) is 8.67. The van der Waals surface area contributed by atoms with Crippen LogP contribution in [0.15, 0.2) is 18.2 Å². The molecule has 112 valence electrons. The predicted molar refractivity (Wildman–Crippen MR) is 88.1 cm³/mol. The van der Waals surface area contributed by atoms with Gasteiger partial charge in [-0.2, -0.15) is 0 Å². The Morgan fingerprint density at radius 2 is 2.05 bits per heavy atom. The van der Waals surface area contributed by atoms with Crippen molar-refractivity contribution in [2.45, 2.75) is 51.3 Å². The summed E-state index contributed by atoms with van der Waals surface area (Å²) in [4.78, 5) is 0.531. The Morgan fingerprint density at radius 1 is 1.35 bits per heavy atom. The van der Waals surface area contributed by atoms with E-state index < -0.39 is 0 Å². The van der Waals surface area contributed by atoms with E-state index in [0.717, 1.165) is 17.9 Å². The lowest BCUT2D eigenvalue weighted by Crippen LogP contribution is -2.37. The third-order valence-electron chi connectivity index (χ3n) is 4.72. The van der Waals surface area contributed by atoms with E-state index in [1.165, 1.54) is 19.3 Å². The molecule has 0 aliphatic heterocycles. The molecule has 2 rings (SSSR count). The van der Waals surface area contributed by atoms with Crippen molar-refractivity contribution >= 4 is 27.5 Å². The smallest absolute Gasteiger partial charge is 0.144 e. The van der Waals surface area contributed by atoms with Crippen molar-refractivity contribution in [3.05, 3.63) is 34.6 Å². The van der Waals surface area contributed by atoms with Gasteiger partial charge in [-0.3, -0.25) is 0 Å². The van der Waals surface area contributed by atoms with E-state index in [-0.39, 0.29) is 16.3 Å². The van der Waals surface area contributed by atoms with Crippen LogP contribution in [-0.4, -0.2) is 4.83 Å². The molecule has 1 aromatic rings. The van der Waals surface area contributed by atoms with Crippen LogP contribution in [0.5, 0.6) is 0 Å². The molecule has 20 heavy (non-hydrogen) atoms. The lowest BCUT2D eigenvalue weighted by atomic mass is 9.66. The molecule has 0 aromatic heterocycles. The van der Waals surface area contributed by atoms with Crippen LogP contribution in [0.2, 0.25) is 5.02 Å². The monoisotopic (exact) mass is 360 g/mol. The molecule has 0 spiro atoms. The van der Waals surface area contributed by atoms with Gasteiger partial charge >= 0.3 is 0 Å². The number of benzene rings is 1. The number of hydrogen-bond donors (Lipinski definition) is 0. The van der Waals surface area contributed by atoms with Crippen molar-refractivity contribution in [1.82, 2.24) is 0 Å². The van der Waals surface area contributed by atoms with Gasteiger partial charge in [0, 0.05) is 4.83 Å². The molecule has 3 atom stereocenters. The van der Waals surface area contributed by atoms with E-state index in [9.17, 15) is 4.39 Å². The van der Waals surface area contributed by atoms with Gasteiger partial charge in [0.2, 0.25) is 0 Å². The first kappa shape index (κ1) is 16.3. The molecule has 0 amide bonds. The fourth-order valence-electron chi connectivity index (χ4n) is 3.50. The molecule has 1 fully saturated rings. The second-order valence-corrected chi connectivity index (χ2v) is 8.50. The molecule has 0 nitrogen and oxygen atoms in total. The molecular formula is C17H23BrClF. The topological polar surface area (TPSA) is 0 Å². The summed E-state index contributed by atoms with van der Waals surface area (Å²) in [5.41, 5.74) is 0.806. The van der Waals surface area contributed by atoms with Gasteiger partial charge in [0.15, 0.2) is 0 Å². The van der Waals surface area contributed by atoms with Gasteiger partial charge in [0.05, 0.1) is 5.02 Å². The zero-order valence-corrected chi connectivity index (χ0v) is 14.8. The first-order valence-electron chi connectivity index (χ1n) is 7.38. The maximum absolute atomic E-state index is 14.1. The fraction of sp³-hybridized carbons (Fsp3) is 0.647. The van der Waals surface area contributed by atoms with Crippen molar-refractivity contribution in [1.29, 1.82) is 0 Å². The minimum atomic E-state index is -0.252. The Bertz CT molecular complexity index is 472. The lowest BCUT2D eigenvalue weighted by molar-refractivity contribution is 0.146. The Hall–Kier alpha value is -0.0800. The second kappa shape index (κ2) is 6.36. The van der Waals surface area contributed by atoms with E-state index in [0.29, 0.717) is 10.7 Å². The van der Waals surface area contributed by atoms with Crippen LogP contribution in [0, 0.1) is 23.1 Å². The molecule has 1 saturated carbocycles. The van der Waals surface area contributed by atoms with E-state index >= 15 is 0 Å². The van der Waals surface area contributed by atoms with Crippen LogP contribution >= 0.6 is 27.5 Å². The normalized spacial score (nSPS) is 27.6. The highest BCUT2D eigenvalue weighted by Crippen LogP contribution is 2.45. The van der Waals surface area contributed by atoms with Crippen LogP contribution in [0.1, 0.15) is 45.6 Å². The van der Waals surface area contributed by atoms with Crippen LogP contribution in [0.25, 0.3) is 0 Å². The first-order chi connectivity index (χ1) is 9.31. The Kier molecular flexibility index (Phi) is 5.18. The molecule has 1 aliphatic carbocycles. The molecule has 1 aromatic carbocycles. The average Bonchev–Trinajstić information content (AvgIpc) is 2.34. The van der Waals surface area contributed by atoms with Gasteiger partial charge in [-0.05, 0) is 48.1 Å². The largest absolute Gasteiger partial charge is 0.205 e. The number of alkyl halides is 1. The lowest BCUT2D eigenvalue weighted by Gasteiger charge is -2.42. The summed E-state index contributed by atoms with van der Waals surface area (Å²) in [6, 6.07) is 5.31. The standard InChI is InChI=1S/C17H23BrClF/c1-11-7-8-13(14(18)9-11)17(2,3)10-12-5-4-6-15(19)16(12)20/h4-6,11,13-14H,7-10H2,1-3H3. The van der Waals surface area contributed by atoms with Crippen molar-refractivity contribution < 1.29 is 4.39 Å². The van der Waals surface area contributed by atoms with Crippen molar-refractivity contribution in [3.63, 3.8) is 0 Å². The molecule has 0 heterocycles. The number of hydrogen-bond acceptors (Lipinski definition) is 0. The SMILES string of the molecule is CC1CCC(C(C)(C)Cc2cccc(Cl)c2F)C(Br)C1. The second-order valence-electron chi connectivity index (χ2n) is 6.92. The van der Waals surface area contributed by atoms with Crippen LogP contribution < -0.4 is 0 Å². The van der Waals surface area contributed by atoms with Gasteiger partial charge in [-0.25, -0.2) is 4.39 Å². The summed E-state index contributed by atoms with van der Waals surface area (Å²) >= 11 is 9.75. The van der Waals surface area contributed by atoms with Crippen molar-refractivity contribution in [2.24, 2.45) is 17.3 Å². The highest BCUT2D eigenvalue weighted by Gasteiger charge is 2.38. The Balaban J connectivity index is 2.16. The average molecular weight is 362 g/mol. The minimum absolute atomic E-state index is 0.0693. The molecule has 3 unspecified atom stereocenters. The van der Waals surface area contributed by atoms with Gasteiger partial charge < -0.3 is 0 Å². The van der Waals surface area contributed by atoms with Crippen LogP contribution in [-0.2, 0) is 6.42 Å². The highest BCUT2D eigenvalue weighted by atomic mass is 79.9. The third-order valence-corrected chi connectivity index (χ3v) is 6.02. The molecule has 3 heteroatoms. The number of halogens is 3. The molecule has 0 N–H and O–H groups in total. The van der Waals surface area contributed by atoms with Crippen LogP contribution in [0.3, 0.4) is 0 Å². The highest BCUT2D eigenvalue weighted by molar-refractivity contribution is 9.09. The molecule has 1 aliphatic rings. The Morgan fingerprint density at radius 3 is 2.70 bits per heavy atom. The van der Waals surface area contributed by atoms with Gasteiger partial charge in [0.1, 0.15) is 5.82 Å². The van der Waals surface area contributed by atoms with E-state index in [1.807, 2.05) is 12.1 Å². The van der Waals surface area contributed by atoms with Gasteiger partial charge in [-0.1, -0.05) is 66.9 Å². The summed E-state index contributed by atoms with van der Waals surface area (Å²) in [5, 5.41) is 0.228. The Labute approximate surface area is 135 Å². The zero-order chi connectivity index (χ0) is 14.9. The summed E-state index contributed by atoms with van der Waals surface area (Å²) in [5.74, 6) is 1.11. The summed E-state index contributed by atoms with van der Waals surface area (Å²) in [7, 11) is 0. The number of rotatable bonds is 3. The van der Waals surface area contributed by atoms with E-state index in [4.69, 9.17) is 11.6 Å². The molecule has 0 bridgehead atoms. The van der Waals surface area contributed by atoms with Crippen molar-refractivity contribution in [3.8, 4) is 0 Å². The minimum Gasteiger partial charge on any atom is -0.205 e. The van der Waals surface area contributed by atoms with Crippen molar-refractivity contribution in [2.75, 3.05) is 0 Å². The quantitative estimate of drug-likeness (QED) is 0.558. The van der Waals surface area contributed by atoms with Gasteiger partial charge in [-0.15, -0.1) is 0 Å². The summed E-state index contributed by atoms with van der Waals surface area (Å²) in [6.07, 6.45) is 4.44. The van der Waals surface area contributed by atoms with E-state index in [1.54, 1.807) is 6.07 Å². The summed E-state index contributed by atoms with van der Waals surface area (Å²) in [6.45, 7) is 6.82. The third kappa shape index (κ3) is 3.57. The summed E-state index contributed by atoms with van der Waals surface area (Å²) < 4.78 is 14.1. The fourth-order valence-corrected chi connectivity index (χ4v) is 5.31. The van der Waals surface area contributed by atoms with E-state index in [2.05, 4.69) is 36.7 Å². The predicted octanol–water partition coefficient (Wildman–Crippen LogP) is 6.25. The molecular weight excluding hydrogens is 339 g/mol. The van der Waals surface area contributed by atoms with Crippen LogP contribution in [0.4, 0.5) is 4.39 Å². The molecule has 0 radical (unpaired) electrons. The molecule has 0 saturated heterocycles. The van der Waals surface area contributed by atoms with Gasteiger partial charge in [0.25, 0.3) is 0 Å². The zero-order valence-electron chi connectivity index (χ0n) is 12.4.